The second-order valence-electron chi connectivity index (χ2n) is 12.9. The number of nitrogens with zero attached hydrogens (tertiary/aromatic N) is 2. The maximum absolute atomic E-state index is 14.4. The van der Waals surface area contributed by atoms with Crippen molar-refractivity contribution in [1.29, 1.82) is 0 Å². The number of carbonyl (C=O) groups is 1. The van der Waals surface area contributed by atoms with E-state index in [-0.39, 0.29) is 52.8 Å². The Morgan fingerprint density at radius 2 is 1.66 bits per heavy atom. The Bertz CT molecular complexity index is 1800. The molecule has 1 aliphatic rings. The second kappa shape index (κ2) is 17.0. The predicted octanol–water partition coefficient (Wildman–Crippen LogP) is 4.92. The van der Waals surface area contributed by atoms with E-state index in [4.69, 9.17) is 14.2 Å². The number of aliphatic hydroxyl groups excluding tert-OH is 1. The van der Waals surface area contributed by atoms with Gasteiger partial charge in [-0.05, 0) is 94.6 Å². The molecule has 0 unspecified atom stereocenters. The lowest BCUT2D eigenvalue weighted by Crippen LogP contribution is -2.48. The van der Waals surface area contributed by atoms with Gasteiger partial charge in [0.05, 0.1) is 47.3 Å². The highest BCUT2D eigenvalue weighted by atomic mass is 32.2. The van der Waals surface area contributed by atoms with Gasteiger partial charge in [-0.3, -0.25) is 9.52 Å². The molecule has 0 aromatic heterocycles. The molecule has 12 nitrogen and oxygen atoms in total. The Kier molecular flexibility index (Phi) is 13.3. The maximum atomic E-state index is 14.4. The number of aliphatic hydroxyl groups is 1. The Morgan fingerprint density at radius 3 is 2.30 bits per heavy atom. The lowest BCUT2D eigenvalue weighted by atomic mass is 10.0. The lowest BCUT2D eigenvalue weighted by molar-refractivity contribution is -0.00833. The van der Waals surface area contributed by atoms with E-state index in [0.29, 0.717) is 30.9 Å². The zero-order chi connectivity index (χ0) is 36.6. The molecule has 0 saturated heterocycles. The van der Waals surface area contributed by atoms with Crippen molar-refractivity contribution in [2.45, 2.75) is 75.0 Å². The number of hydrogen-bond acceptors (Lipinski definition) is 9. The van der Waals surface area contributed by atoms with Crippen LogP contribution in [-0.2, 0) is 24.8 Å². The molecule has 4 atom stereocenters. The van der Waals surface area contributed by atoms with E-state index in [0.717, 1.165) is 12.0 Å². The summed E-state index contributed by atoms with van der Waals surface area (Å²) >= 11 is 0. The van der Waals surface area contributed by atoms with Crippen LogP contribution in [0, 0.1) is 12.8 Å². The van der Waals surface area contributed by atoms with Crippen LogP contribution in [-0.4, -0.2) is 95.8 Å². The molecule has 1 heterocycles. The van der Waals surface area contributed by atoms with Crippen LogP contribution in [0.1, 0.15) is 56.0 Å². The molecule has 1 aliphatic heterocycles. The molecule has 274 valence electrons. The van der Waals surface area contributed by atoms with Crippen LogP contribution in [0.3, 0.4) is 0 Å². The van der Waals surface area contributed by atoms with Gasteiger partial charge in [0, 0.05) is 38.3 Å². The molecule has 14 heteroatoms. The number of fused-ring (bicyclic) bond motifs is 1. The molecule has 0 aliphatic carbocycles. The molecule has 0 fully saturated rings. The van der Waals surface area contributed by atoms with E-state index < -0.39 is 38.1 Å². The third-order valence-corrected chi connectivity index (χ3v) is 12.1. The first-order valence-corrected chi connectivity index (χ1v) is 19.6. The molecule has 3 aromatic rings. The Hall–Kier alpha value is -3.69. The van der Waals surface area contributed by atoms with Crippen LogP contribution >= 0.6 is 0 Å². The van der Waals surface area contributed by atoms with Gasteiger partial charge >= 0.3 is 0 Å². The number of rotatable bonds is 10. The first kappa shape index (κ1) is 39.1. The standard InChI is InChI=1S/C36H49N3O9S2/c1-25-10-15-31(16-11-25)49(42,43)37-29-12-19-34-33(21-29)36(41)39(27(3)24-40)22-26(2)35(47-20-8-7-9-28(4)48-34)23-38(5)50(44,45)32-17-13-30(46-6)14-18-32/h10-19,21,26-28,35,37,40H,7-9,20,22-24H2,1-6H3/t26-,27+,28+,35+/m1/s1. The number of sulfonamides is 2. The zero-order valence-electron chi connectivity index (χ0n) is 29.5. The first-order chi connectivity index (χ1) is 23.7. The summed E-state index contributed by atoms with van der Waals surface area (Å²) in [5.74, 6) is -0.0314. The monoisotopic (exact) mass is 731 g/mol. The van der Waals surface area contributed by atoms with Crippen LogP contribution in [0.15, 0.2) is 76.5 Å². The highest BCUT2D eigenvalue weighted by Crippen LogP contribution is 2.30. The number of anilines is 1. The van der Waals surface area contributed by atoms with Crippen molar-refractivity contribution in [3.05, 3.63) is 77.9 Å². The smallest absolute Gasteiger partial charge is 0.261 e. The zero-order valence-corrected chi connectivity index (χ0v) is 31.2. The number of benzene rings is 3. The van der Waals surface area contributed by atoms with Gasteiger partial charge in [-0.1, -0.05) is 24.6 Å². The van der Waals surface area contributed by atoms with Crippen molar-refractivity contribution in [2.24, 2.45) is 5.92 Å². The summed E-state index contributed by atoms with van der Waals surface area (Å²) in [7, 11) is -4.84. The maximum Gasteiger partial charge on any atom is 0.261 e. The lowest BCUT2D eigenvalue weighted by Gasteiger charge is -2.35. The summed E-state index contributed by atoms with van der Waals surface area (Å²) in [4.78, 5) is 16.1. The minimum atomic E-state index is -3.96. The van der Waals surface area contributed by atoms with Crippen molar-refractivity contribution < 1.29 is 40.9 Å². The third-order valence-electron chi connectivity index (χ3n) is 8.84. The van der Waals surface area contributed by atoms with Crippen LogP contribution in [0.5, 0.6) is 11.5 Å². The van der Waals surface area contributed by atoms with E-state index >= 15 is 0 Å². The Balaban J connectivity index is 1.66. The summed E-state index contributed by atoms with van der Waals surface area (Å²) in [6.45, 7) is 7.50. The van der Waals surface area contributed by atoms with Gasteiger partial charge in [-0.25, -0.2) is 16.8 Å². The van der Waals surface area contributed by atoms with E-state index in [1.807, 2.05) is 20.8 Å². The van der Waals surface area contributed by atoms with Gasteiger partial charge in [0.25, 0.3) is 15.9 Å². The van der Waals surface area contributed by atoms with Gasteiger partial charge in [-0.2, -0.15) is 4.31 Å². The number of ether oxygens (including phenoxy) is 3. The van der Waals surface area contributed by atoms with Gasteiger partial charge in [0.1, 0.15) is 11.5 Å². The predicted molar refractivity (Wildman–Crippen MR) is 192 cm³/mol. The first-order valence-electron chi connectivity index (χ1n) is 16.7. The molecule has 4 rings (SSSR count). The van der Waals surface area contributed by atoms with Crippen molar-refractivity contribution in [2.75, 3.05) is 45.2 Å². The third kappa shape index (κ3) is 9.75. The van der Waals surface area contributed by atoms with Crippen molar-refractivity contribution in [1.82, 2.24) is 9.21 Å². The van der Waals surface area contributed by atoms with Gasteiger partial charge in [-0.15, -0.1) is 0 Å². The van der Waals surface area contributed by atoms with Crippen LogP contribution < -0.4 is 14.2 Å². The van der Waals surface area contributed by atoms with Gasteiger partial charge in [0.15, 0.2) is 0 Å². The SMILES string of the molecule is COc1ccc(S(=O)(=O)N(C)C[C@@H]2OCCCC[C@H](C)Oc3ccc(NS(=O)(=O)c4ccc(C)cc4)cc3C(=O)N([C@@H](C)CO)C[C@H]2C)cc1. The van der Waals surface area contributed by atoms with Crippen molar-refractivity contribution in [3.8, 4) is 11.5 Å². The van der Waals surface area contributed by atoms with Crippen LogP contribution in [0.25, 0.3) is 0 Å². The number of likely N-dealkylation sites (N-methyl/N-ethyl adjacent to an activating group) is 1. The molecule has 3 aromatic carbocycles. The normalized spacial score (nSPS) is 20.4. The molecule has 2 N–H and O–H groups in total. The summed E-state index contributed by atoms with van der Waals surface area (Å²) in [5.41, 5.74) is 1.21. The Morgan fingerprint density at radius 1 is 1.00 bits per heavy atom. The highest BCUT2D eigenvalue weighted by molar-refractivity contribution is 7.92. The van der Waals surface area contributed by atoms with Crippen LogP contribution in [0.4, 0.5) is 5.69 Å². The van der Waals surface area contributed by atoms with Crippen molar-refractivity contribution >= 4 is 31.6 Å². The fourth-order valence-electron chi connectivity index (χ4n) is 5.66. The van der Waals surface area contributed by atoms with Crippen LogP contribution in [0.2, 0.25) is 0 Å². The number of methoxy groups -OCH3 is 1. The second-order valence-corrected chi connectivity index (χ2v) is 16.6. The molecule has 50 heavy (non-hydrogen) atoms. The largest absolute Gasteiger partial charge is 0.497 e. The highest BCUT2D eigenvalue weighted by Gasteiger charge is 2.32. The average Bonchev–Trinajstić information content (AvgIpc) is 3.09. The fraction of sp³-hybridized carbons (Fsp3) is 0.472. The van der Waals surface area contributed by atoms with Crippen molar-refractivity contribution in [3.63, 3.8) is 0 Å². The minimum Gasteiger partial charge on any atom is -0.497 e. The molecular weight excluding hydrogens is 683 g/mol. The molecule has 1 amide bonds. The number of aryl methyl sites for hydroxylation is 1. The number of carbonyl (C=O) groups excluding carboxylic acids is 1. The Labute approximate surface area is 296 Å². The summed E-state index contributed by atoms with van der Waals surface area (Å²) in [6.07, 6.45) is 1.24. The molecule has 0 saturated carbocycles. The molecule has 0 spiro atoms. The van der Waals surface area contributed by atoms with Gasteiger partial charge < -0.3 is 24.2 Å². The summed E-state index contributed by atoms with van der Waals surface area (Å²) in [6, 6.07) is 16.5. The number of nitrogens with one attached hydrogen (secondary N) is 1. The van der Waals surface area contributed by atoms with E-state index in [2.05, 4.69) is 4.72 Å². The number of hydrogen-bond donors (Lipinski definition) is 2. The van der Waals surface area contributed by atoms with E-state index in [9.17, 15) is 26.7 Å². The summed E-state index contributed by atoms with van der Waals surface area (Å²) < 4.78 is 75.1. The minimum absolute atomic E-state index is 0.0199. The topological polar surface area (TPSA) is 152 Å². The average molecular weight is 732 g/mol. The van der Waals surface area contributed by atoms with E-state index in [1.165, 1.54) is 53.7 Å². The van der Waals surface area contributed by atoms with E-state index in [1.54, 1.807) is 43.3 Å². The molecule has 0 radical (unpaired) electrons. The number of amides is 1. The quantitative estimate of drug-likeness (QED) is 0.296. The molecular formula is C36H49N3O9S2. The van der Waals surface area contributed by atoms with Gasteiger partial charge in [0.2, 0.25) is 10.0 Å². The summed E-state index contributed by atoms with van der Waals surface area (Å²) in [5, 5.41) is 10.2. The fourth-order valence-corrected chi connectivity index (χ4v) is 7.89. The molecule has 0 bridgehead atoms.